The summed E-state index contributed by atoms with van der Waals surface area (Å²) < 4.78 is 48.9. The highest BCUT2D eigenvalue weighted by atomic mass is 127. The monoisotopic (exact) mass is 389 g/mol. The molecule has 0 bridgehead atoms. The van der Waals surface area contributed by atoms with E-state index in [2.05, 4.69) is 5.32 Å². The number of rotatable bonds is 5. The van der Waals surface area contributed by atoms with Gasteiger partial charge in [0.25, 0.3) is 5.91 Å². The van der Waals surface area contributed by atoms with Gasteiger partial charge in [-0.2, -0.15) is 13.2 Å². The predicted molar refractivity (Wildman–Crippen MR) is 71.4 cm³/mol. The molecule has 0 saturated heterocycles. The van der Waals surface area contributed by atoms with Gasteiger partial charge in [0.15, 0.2) is 0 Å². The highest BCUT2D eigenvalue weighted by molar-refractivity contribution is 14.1. The van der Waals surface area contributed by atoms with Crippen molar-refractivity contribution in [3.63, 3.8) is 0 Å². The largest absolute Gasteiger partial charge is 0.389 e. The highest BCUT2D eigenvalue weighted by Gasteiger charge is 2.25. The van der Waals surface area contributed by atoms with Crippen LogP contribution in [-0.2, 0) is 0 Å². The van der Waals surface area contributed by atoms with Gasteiger partial charge in [-0.25, -0.2) is 4.39 Å². The number of carbonyl (C=O) groups is 1. The van der Waals surface area contributed by atoms with Gasteiger partial charge in [0.1, 0.15) is 5.82 Å². The third-order valence-electron chi connectivity index (χ3n) is 2.35. The van der Waals surface area contributed by atoms with E-state index in [1.807, 2.05) is 22.6 Å². The molecule has 1 N–H and O–H groups in total. The summed E-state index contributed by atoms with van der Waals surface area (Å²) in [7, 11) is 0. The lowest BCUT2D eigenvalue weighted by atomic mass is 10.2. The summed E-state index contributed by atoms with van der Waals surface area (Å²) in [6.07, 6.45) is -4.78. The van der Waals surface area contributed by atoms with E-state index in [1.54, 1.807) is 0 Å². The van der Waals surface area contributed by atoms with Gasteiger partial charge in [-0.15, -0.1) is 0 Å². The molecule has 0 fully saturated rings. The van der Waals surface area contributed by atoms with E-state index in [0.29, 0.717) is 9.13 Å². The van der Waals surface area contributed by atoms with Crippen LogP contribution in [0.3, 0.4) is 0 Å². The van der Waals surface area contributed by atoms with Gasteiger partial charge in [0.2, 0.25) is 0 Å². The maximum atomic E-state index is 12.8. The molecule has 0 saturated carbocycles. The summed E-state index contributed by atoms with van der Waals surface area (Å²) in [6.45, 7) is 0.169. The molecule has 0 atom stereocenters. The first-order valence-electron chi connectivity index (χ1n) is 5.59. The van der Waals surface area contributed by atoms with Crippen LogP contribution in [-0.4, -0.2) is 18.6 Å². The fourth-order valence-corrected chi connectivity index (χ4v) is 2.14. The van der Waals surface area contributed by atoms with Gasteiger partial charge in [-0.3, -0.25) is 4.79 Å². The predicted octanol–water partition coefficient (Wildman–Crippen LogP) is 3.89. The third-order valence-corrected chi connectivity index (χ3v) is 3.24. The van der Waals surface area contributed by atoms with Gasteiger partial charge < -0.3 is 5.32 Å². The van der Waals surface area contributed by atoms with Crippen molar-refractivity contribution in [2.75, 3.05) is 6.54 Å². The van der Waals surface area contributed by atoms with E-state index in [0.717, 1.165) is 0 Å². The molecule has 19 heavy (non-hydrogen) atoms. The van der Waals surface area contributed by atoms with E-state index >= 15 is 0 Å². The van der Waals surface area contributed by atoms with E-state index < -0.39 is 24.3 Å². The second-order valence-corrected chi connectivity index (χ2v) is 5.11. The standard InChI is InChI=1S/C12H12F4INO/c13-8-3-4-9(10(17)7-8)11(19)18-6-2-1-5-12(14,15)16/h3-4,7H,1-2,5-6H2,(H,18,19). The smallest absolute Gasteiger partial charge is 0.352 e. The minimum absolute atomic E-state index is 0.0235. The molecular weight excluding hydrogens is 377 g/mol. The number of amides is 1. The van der Waals surface area contributed by atoms with Gasteiger partial charge in [-0.1, -0.05) is 0 Å². The second-order valence-electron chi connectivity index (χ2n) is 3.95. The first-order chi connectivity index (χ1) is 8.79. The topological polar surface area (TPSA) is 29.1 Å². The number of hydrogen-bond donors (Lipinski definition) is 1. The number of halogens is 5. The van der Waals surface area contributed by atoms with Crippen LogP contribution in [0.25, 0.3) is 0 Å². The lowest BCUT2D eigenvalue weighted by molar-refractivity contribution is -0.135. The third kappa shape index (κ3) is 6.22. The van der Waals surface area contributed by atoms with Crippen LogP contribution in [0.1, 0.15) is 29.6 Å². The Labute approximate surface area is 121 Å². The fraction of sp³-hybridized carbons (Fsp3) is 0.417. The van der Waals surface area contributed by atoms with Crippen molar-refractivity contribution in [3.8, 4) is 0 Å². The maximum Gasteiger partial charge on any atom is 0.389 e. The minimum atomic E-state index is -4.16. The molecule has 0 spiro atoms. The molecule has 1 aromatic rings. The molecule has 0 heterocycles. The molecule has 1 aromatic carbocycles. The zero-order valence-corrected chi connectivity index (χ0v) is 12.0. The van der Waals surface area contributed by atoms with Crippen LogP contribution in [0, 0.1) is 9.39 Å². The molecule has 0 unspecified atom stereocenters. The first-order valence-corrected chi connectivity index (χ1v) is 6.67. The molecule has 1 amide bonds. The highest BCUT2D eigenvalue weighted by Crippen LogP contribution is 2.21. The molecule has 2 nitrogen and oxygen atoms in total. The van der Waals surface area contributed by atoms with E-state index in [4.69, 9.17) is 0 Å². The van der Waals surface area contributed by atoms with Gasteiger partial charge in [0, 0.05) is 16.5 Å². The molecule has 1 rings (SSSR count). The Balaban J connectivity index is 2.36. The van der Waals surface area contributed by atoms with E-state index in [-0.39, 0.29) is 19.4 Å². The Morgan fingerprint density at radius 2 is 1.95 bits per heavy atom. The van der Waals surface area contributed by atoms with Crippen molar-refractivity contribution in [1.82, 2.24) is 5.32 Å². The van der Waals surface area contributed by atoms with E-state index in [9.17, 15) is 22.4 Å². The summed E-state index contributed by atoms with van der Waals surface area (Å²) in [6, 6.07) is 3.74. The number of benzene rings is 1. The molecule has 0 aliphatic rings. The number of hydrogen-bond acceptors (Lipinski definition) is 1. The van der Waals surface area contributed by atoms with Crippen LogP contribution in [0.4, 0.5) is 17.6 Å². The lowest BCUT2D eigenvalue weighted by Crippen LogP contribution is -2.25. The average Bonchev–Trinajstić information content (AvgIpc) is 2.26. The lowest BCUT2D eigenvalue weighted by Gasteiger charge is -2.08. The van der Waals surface area contributed by atoms with Gasteiger partial charge >= 0.3 is 6.18 Å². The van der Waals surface area contributed by atoms with Gasteiger partial charge in [0.05, 0.1) is 5.56 Å². The zero-order valence-electron chi connectivity index (χ0n) is 9.86. The van der Waals surface area contributed by atoms with Crippen LogP contribution in [0.5, 0.6) is 0 Å². The number of alkyl halides is 3. The first kappa shape index (κ1) is 16.2. The Kier molecular flexibility index (Phi) is 6.02. The normalized spacial score (nSPS) is 11.4. The molecule has 0 aromatic heterocycles. The average molecular weight is 389 g/mol. The molecule has 0 aliphatic carbocycles. The Bertz CT molecular complexity index is 448. The number of unbranched alkanes of at least 4 members (excludes halogenated alkanes) is 1. The van der Waals surface area contributed by atoms with Crippen LogP contribution < -0.4 is 5.32 Å². The minimum Gasteiger partial charge on any atom is -0.352 e. The number of carbonyl (C=O) groups excluding carboxylic acids is 1. The Morgan fingerprint density at radius 1 is 1.26 bits per heavy atom. The van der Waals surface area contributed by atoms with Gasteiger partial charge in [-0.05, 0) is 53.6 Å². The van der Waals surface area contributed by atoms with Crippen LogP contribution in [0.15, 0.2) is 18.2 Å². The molecule has 106 valence electrons. The van der Waals surface area contributed by atoms with E-state index in [1.165, 1.54) is 18.2 Å². The quantitative estimate of drug-likeness (QED) is 0.462. The van der Waals surface area contributed by atoms with Crippen LogP contribution in [0.2, 0.25) is 0 Å². The molecular formula is C12H12F4INO. The van der Waals surface area contributed by atoms with Crippen molar-refractivity contribution >= 4 is 28.5 Å². The van der Waals surface area contributed by atoms with Crippen molar-refractivity contribution in [2.24, 2.45) is 0 Å². The molecule has 0 aliphatic heterocycles. The fourth-order valence-electron chi connectivity index (χ4n) is 1.42. The summed E-state index contributed by atoms with van der Waals surface area (Å²) >= 11 is 1.83. The summed E-state index contributed by atoms with van der Waals surface area (Å²) in [4.78, 5) is 11.7. The van der Waals surface area contributed by atoms with Crippen molar-refractivity contribution in [1.29, 1.82) is 0 Å². The Morgan fingerprint density at radius 3 is 2.53 bits per heavy atom. The summed E-state index contributed by atoms with van der Waals surface area (Å²) in [5.41, 5.74) is 0.317. The summed E-state index contributed by atoms with van der Waals surface area (Å²) in [5, 5.41) is 2.51. The molecule has 0 radical (unpaired) electrons. The summed E-state index contributed by atoms with van der Waals surface area (Å²) in [5.74, 6) is -0.845. The van der Waals surface area contributed by atoms with Crippen molar-refractivity contribution < 1.29 is 22.4 Å². The number of nitrogens with one attached hydrogen (secondary N) is 1. The SMILES string of the molecule is O=C(NCCCCC(F)(F)F)c1ccc(F)cc1I. The molecule has 7 heteroatoms. The maximum absolute atomic E-state index is 12.8. The van der Waals surface area contributed by atoms with Crippen LogP contribution >= 0.6 is 22.6 Å². The zero-order chi connectivity index (χ0) is 14.5. The van der Waals surface area contributed by atoms with Crippen molar-refractivity contribution in [3.05, 3.63) is 33.1 Å². The second kappa shape index (κ2) is 7.06. The Hall–Kier alpha value is -0.860. The van der Waals surface area contributed by atoms with Crippen molar-refractivity contribution in [2.45, 2.75) is 25.4 Å².